The first-order valence-electron chi connectivity index (χ1n) is 9.06. The van der Waals surface area contributed by atoms with Crippen LogP contribution in [0, 0.1) is 5.82 Å². The van der Waals surface area contributed by atoms with Crippen molar-refractivity contribution in [2.75, 3.05) is 11.0 Å². The molecule has 0 radical (unpaired) electrons. The highest BCUT2D eigenvalue weighted by Crippen LogP contribution is 2.35. The van der Waals surface area contributed by atoms with Crippen molar-refractivity contribution in [1.82, 2.24) is 0 Å². The number of anilines is 1. The molecule has 4 rings (SSSR count). The van der Waals surface area contributed by atoms with E-state index < -0.39 is 10.0 Å². The van der Waals surface area contributed by atoms with Crippen molar-refractivity contribution >= 4 is 27.4 Å². The molecule has 0 saturated heterocycles. The van der Waals surface area contributed by atoms with Crippen LogP contribution in [0.3, 0.4) is 0 Å². The third-order valence-electron chi connectivity index (χ3n) is 4.83. The van der Waals surface area contributed by atoms with Gasteiger partial charge in [0.15, 0.2) is 0 Å². The van der Waals surface area contributed by atoms with Gasteiger partial charge >= 0.3 is 0 Å². The standard InChI is InChI=1S/C23H20FNO2S/c1-28(26,27)25-20-7-4-5-16(13-20)14-23-21-8-3-2-6-17(21)9-10-18-15-19(24)11-12-22(18)23/h2-8,11-15,25H,9-10H2,1H3. The molecule has 1 aliphatic carbocycles. The van der Waals surface area contributed by atoms with Gasteiger partial charge in [-0.15, -0.1) is 0 Å². The Kier molecular flexibility index (Phi) is 4.77. The smallest absolute Gasteiger partial charge is 0.229 e. The van der Waals surface area contributed by atoms with Crippen molar-refractivity contribution in [1.29, 1.82) is 0 Å². The fourth-order valence-corrected chi connectivity index (χ4v) is 4.23. The summed E-state index contributed by atoms with van der Waals surface area (Å²) < 4.78 is 39.4. The molecule has 0 bridgehead atoms. The number of halogens is 1. The zero-order chi connectivity index (χ0) is 19.7. The van der Waals surface area contributed by atoms with Gasteiger partial charge in [-0.05, 0) is 76.6 Å². The van der Waals surface area contributed by atoms with Gasteiger partial charge in [0.25, 0.3) is 0 Å². The van der Waals surface area contributed by atoms with Crippen LogP contribution in [0.1, 0.15) is 27.8 Å². The lowest BCUT2D eigenvalue weighted by atomic mass is 9.92. The van der Waals surface area contributed by atoms with Gasteiger partial charge in [0.1, 0.15) is 5.82 Å². The van der Waals surface area contributed by atoms with Gasteiger partial charge < -0.3 is 0 Å². The lowest BCUT2D eigenvalue weighted by molar-refractivity contribution is 0.607. The van der Waals surface area contributed by atoms with Crippen LogP contribution in [0.2, 0.25) is 0 Å². The van der Waals surface area contributed by atoms with Crippen molar-refractivity contribution in [3.63, 3.8) is 0 Å². The lowest BCUT2D eigenvalue weighted by Gasteiger charge is -2.13. The van der Waals surface area contributed by atoms with E-state index in [1.807, 2.05) is 36.4 Å². The van der Waals surface area contributed by atoms with E-state index in [0.717, 1.165) is 46.9 Å². The highest BCUT2D eigenvalue weighted by atomic mass is 32.2. The number of nitrogens with one attached hydrogen (secondary N) is 1. The molecule has 0 atom stereocenters. The minimum atomic E-state index is -3.35. The van der Waals surface area contributed by atoms with Crippen LogP contribution in [0.25, 0.3) is 11.6 Å². The average molecular weight is 393 g/mol. The molecule has 3 aromatic rings. The topological polar surface area (TPSA) is 46.2 Å². The van der Waals surface area contributed by atoms with Gasteiger partial charge in [-0.1, -0.05) is 42.5 Å². The first-order valence-corrected chi connectivity index (χ1v) is 10.9. The zero-order valence-electron chi connectivity index (χ0n) is 15.4. The summed E-state index contributed by atoms with van der Waals surface area (Å²) in [4.78, 5) is 0. The quantitative estimate of drug-likeness (QED) is 0.689. The molecule has 0 saturated carbocycles. The first-order chi connectivity index (χ1) is 13.4. The number of hydrogen-bond donors (Lipinski definition) is 1. The van der Waals surface area contributed by atoms with Crippen molar-refractivity contribution in [2.45, 2.75) is 12.8 Å². The summed E-state index contributed by atoms with van der Waals surface area (Å²) in [5.41, 5.74) is 6.72. The van der Waals surface area contributed by atoms with E-state index in [1.165, 1.54) is 11.6 Å². The third kappa shape index (κ3) is 3.99. The number of fused-ring (bicyclic) bond motifs is 2. The van der Waals surface area contributed by atoms with E-state index in [4.69, 9.17) is 0 Å². The van der Waals surface area contributed by atoms with Crippen LogP contribution in [0.15, 0.2) is 66.7 Å². The van der Waals surface area contributed by atoms with Gasteiger partial charge in [0.05, 0.1) is 6.26 Å². The van der Waals surface area contributed by atoms with Crippen LogP contribution in [-0.2, 0) is 22.9 Å². The largest absolute Gasteiger partial charge is 0.284 e. The van der Waals surface area contributed by atoms with E-state index in [0.29, 0.717) is 5.69 Å². The summed E-state index contributed by atoms with van der Waals surface area (Å²) in [5.74, 6) is -0.233. The molecule has 0 aromatic heterocycles. The molecule has 5 heteroatoms. The van der Waals surface area contributed by atoms with Gasteiger partial charge in [-0.3, -0.25) is 4.72 Å². The Hall–Kier alpha value is -2.92. The molecule has 0 spiro atoms. The van der Waals surface area contributed by atoms with Gasteiger partial charge in [0, 0.05) is 5.69 Å². The fourth-order valence-electron chi connectivity index (χ4n) is 3.68. The molecule has 1 N–H and O–H groups in total. The molecular formula is C23H20FNO2S. The molecule has 3 aromatic carbocycles. The van der Waals surface area contributed by atoms with Gasteiger partial charge in [-0.25, -0.2) is 12.8 Å². The SMILES string of the molecule is CS(=O)(=O)Nc1cccc(C=C2c3ccccc3CCc3cc(F)ccc32)c1. The second-order valence-electron chi connectivity index (χ2n) is 7.02. The predicted octanol–water partition coefficient (Wildman–Crippen LogP) is 4.88. The molecule has 3 nitrogen and oxygen atoms in total. The number of aryl methyl sites for hydroxylation is 2. The maximum absolute atomic E-state index is 13.8. The predicted molar refractivity (Wildman–Crippen MR) is 112 cm³/mol. The third-order valence-corrected chi connectivity index (χ3v) is 5.44. The summed E-state index contributed by atoms with van der Waals surface area (Å²) in [5, 5.41) is 0. The zero-order valence-corrected chi connectivity index (χ0v) is 16.3. The van der Waals surface area contributed by atoms with Crippen molar-refractivity contribution < 1.29 is 12.8 Å². The molecule has 0 aliphatic heterocycles. The van der Waals surface area contributed by atoms with Crippen LogP contribution in [0.5, 0.6) is 0 Å². The van der Waals surface area contributed by atoms with Crippen LogP contribution >= 0.6 is 0 Å². The summed E-state index contributed by atoms with van der Waals surface area (Å²) >= 11 is 0. The van der Waals surface area contributed by atoms with E-state index in [1.54, 1.807) is 18.2 Å². The van der Waals surface area contributed by atoms with E-state index in [-0.39, 0.29) is 5.82 Å². The fraction of sp³-hybridized carbons (Fsp3) is 0.130. The average Bonchev–Trinajstić information content (AvgIpc) is 2.78. The molecule has 28 heavy (non-hydrogen) atoms. The highest BCUT2D eigenvalue weighted by Gasteiger charge is 2.18. The normalized spacial score (nSPS) is 14.9. The summed E-state index contributed by atoms with van der Waals surface area (Å²) in [6, 6.07) is 20.4. The van der Waals surface area contributed by atoms with Crippen molar-refractivity contribution in [2.24, 2.45) is 0 Å². The Labute approximate surface area is 164 Å². The van der Waals surface area contributed by atoms with Gasteiger partial charge in [0.2, 0.25) is 10.0 Å². The Morgan fingerprint density at radius 2 is 1.64 bits per heavy atom. The second kappa shape index (κ2) is 7.24. The molecule has 0 fully saturated rings. The number of hydrogen-bond acceptors (Lipinski definition) is 2. The van der Waals surface area contributed by atoms with E-state index in [9.17, 15) is 12.8 Å². The van der Waals surface area contributed by atoms with Crippen LogP contribution in [-0.4, -0.2) is 14.7 Å². The maximum Gasteiger partial charge on any atom is 0.229 e. The summed E-state index contributed by atoms with van der Waals surface area (Å²) in [6.07, 6.45) is 4.79. The maximum atomic E-state index is 13.8. The van der Waals surface area contributed by atoms with E-state index in [2.05, 4.69) is 16.9 Å². The molecule has 142 valence electrons. The Morgan fingerprint density at radius 3 is 2.46 bits per heavy atom. The molecular weight excluding hydrogens is 373 g/mol. The van der Waals surface area contributed by atoms with Crippen molar-refractivity contribution in [3.05, 3.63) is 100 Å². The minimum Gasteiger partial charge on any atom is -0.284 e. The molecule has 0 unspecified atom stereocenters. The number of sulfonamides is 1. The monoisotopic (exact) mass is 393 g/mol. The Bertz CT molecular complexity index is 1180. The van der Waals surface area contributed by atoms with Crippen LogP contribution in [0.4, 0.5) is 10.1 Å². The van der Waals surface area contributed by atoms with Gasteiger partial charge in [-0.2, -0.15) is 0 Å². The first kappa shape index (κ1) is 18.4. The minimum absolute atomic E-state index is 0.233. The number of benzene rings is 3. The Balaban J connectivity index is 1.88. The second-order valence-corrected chi connectivity index (χ2v) is 8.76. The number of rotatable bonds is 3. The lowest BCUT2D eigenvalue weighted by Crippen LogP contribution is -2.09. The molecule has 1 aliphatic rings. The Morgan fingerprint density at radius 1 is 0.893 bits per heavy atom. The van der Waals surface area contributed by atoms with Crippen molar-refractivity contribution in [3.8, 4) is 0 Å². The molecule has 0 amide bonds. The summed E-state index contributed by atoms with van der Waals surface area (Å²) in [7, 11) is -3.35. The summed E-state index contributed by atoms with van der Waals surface area (Å²) in [6.45, 7) is 0. The highest BCUT2D eigenvalue weighted by molar-refractivity contribution is 7.92. The molecule has 0 heterocycles. The van der Waals surface area contributed by atoms with Crippen LogP contribution < -0.4 is 4.72 Å². The van der Waals surface area contributed by atoms with E-state index >= 15 is 0 Å².